The van der Waals surface area contributed by atoms with E-state index in [1.165, 1.54) is 17.3 Å². The van der Waals surface area contributed by atoms with E-state index in [9.17, 15) is 4.79 Å². The summed E-state index contributed by atoms with van der Waals surface area (Å²) in [4.78, 5) is 24.2. The third-order valence-corrected chi connectivity index (χ3v) is 7.91. The van der Waals surface area contributed by atoms with Crippen LogP contribution in [0.25, 0.3) is 0 Å². The number of carbonyl (C=O) groups is 1. The summed E-state index contributed by atoms with van der Waals surface area (Å²) in [6.07, 6.45) is 2.87. The van der Waals surface area contributed by atoms with Crippen LogP contribution in [0.3, 0.4) is 0 Å². The topological polar surface area (TPSA) is 35.9 Å². The number of unbranched alkanes of at least 4 members (excludes halogenated alkanes) is 1. The van der Waals surface area contributed by atoms with Gasteiger partial charge in [0.2, 0.25) is 0 Å². The molecule has 2 heterocycles. The molecule has 4 rings (SSSR count). The van der Waals surface area contributed by atoms with Gasteiger partial charge in [-0.3, -0.25) is 14.7 Å². The third kappa shape index (κ3) is 4.81. The number of hydrogen-bond donors (Lipinski definition) is 0. The minimum absolute atomic E-state index is 0.0664. The molecular weight excluding hydrogens is 446 g/mol. The van der Waals surface area contributed by atoms with E-state index in [0.29, 0.717) is 18.1 Å². The highest BCUT2D eigenvalue weighted by Crippen LogP contribution is 2.51. The number of aliphatic imine (C=N–C) groups is 1. The van der Waals surface area contributed by atoms with Gasteiger partial charge in [0.25, 0.3) is 5.91 Å². The first-order valence-electron chi connectivity index (χ1n) is 10.7. The second kappa shape index (κ2) is 10.2. The van der Waals surface area contributed by atoms with Crippen LogP contribution in [0.4, 0.5) is 5.69 Å². The number of thioether (sulfide) groups is 2. The Bertz CT molecular complexity index is 1020. The van der Waals surface area contributed by atoms with Gasteiger partial charge in [-0.05, 0) is 55.3 Å². The normalized spacial score (nSPS) is 19.6. The number of benzene rings is 2. The molecule has 0 unspecified atom stereocenters. The monoisotopic (exact) mass is 471 g/mol. The molecule has 2 aliphatic heterocycles. The van der Waals surface area contributed by atoms with Crippen LogP contribution in [0.5, 0.6) is 0 Å². The highest BCUT2D eigenvalue weighted by molar-refractivity contribution is 8.19. The summed E-state index contributed by atoms with van der Waals surface area (Å²) in [6, 6.07) is 16.3. The van der Waals surface area contributed by atoms with Gasteiger partial charge in [0.1, 0.15) is 9.93 Å². The molecule has 0 bridgehead atoms. The lowest BCUT2D eigenvalue weighted by molar-refractivity contribution is -0.122. The fourth-order valence-electron chi connectivity index (χ4n) is 3.63. The molecular formula is C24H26ClN3OS2. The van der Waals surface area contributed by atoms with E-state index in [-0.39, 0.29) is 5.91 Å². The largest absolute Gasteiger partial charge is 0.334 e. The van der Waals surface area contributed by atoms with Crippen LogP contribution in [-0.4, -0.2) is 35.6 Å². The van der Waals surface area contributed by atoms with E-state index in [0.717, 1.165) is 51.5 Å². The molecule has 0 radical (unpaired) electrons. The highest BCUT2D eigenvalue weighted by atomic mass is 35.5. The third-order valence-electron chi connectivity index (χ3n) is 5.26. The van der Waals surface area contributed by atoms with Gasteiger partial charge in [-0.15, -0.1) is 0 Å². The average molecular weight is 472 g/mol. The number of fused-ring (bicyclic) bond motifs is 1. The van der Waals surface area contributed by atoms with Crippen molar-refractivity contribution in [3.05, 3.63) is 69.1 Å². The molecule has 1 fully saturated rings. The molecule has 0 N–H and O–H groups in total. The molecule has 2 aromatic rings. The number of carbonyl (C=O) groups excluding carboxylic acids is 1. The van der Waals surface area contributed by atoms with Crippen molar-refractivity contribution in [2.45, 2.75) is 38.0 Å². The van der Waals surface area contributed by atoms with Crippen LogP contribution in [0.15, 0.2) is 68.4 Å². The van der Waals surface area contributed by atoms with Crippen molar-refractivity contribution in [1.82, 2.24) is 4.90 Å². The van der Waals surface area contributed by atoms with Crippen molar-refractivity contribution in [2.75, 3.05) is 24.5 Å². The van der Waals surface area contributed by atoms with Crippen LogP contribution in [0.2, 0.25) is 5.02 Å². The summed E-state index contributed by atoms with van der Waals surface area (Å²) in [5.41, 5.74) is 2.33. The second-order valence-electron chi connectivity index (χ2n) is 7.40. The Morgan fingerprint density at radius 2 is 1.84 bits per heavy atom. The molecule has 0 atom stereocenters. The van der Waals surface area contributed by atoms with E-state index >= 15 is 0 Å². The molecule has 7 heteroatoms. The van der Waals surface area contributed by atoms with Gasteiger partial charge >= 0.3 is 0 Å². The summed E-state index contributed by atoms with van der Waals surface area (Å²) in [6.45, 7) is 6.41. The standard InChI is InChI=1S/C24H26ClN3OS2/c1-3-5-15-28-22(29)21(31-24(28)26-14-13-17-9-7-6-8-10-17)23-27(4-2)19-16-18(25)11-12-20(19)30-23/h6-12,16H,3-5,13-15H2,1-2H3. The quantitative estimate of drug-likeness (QED) is 0.437. The first-order chi connectivity index (χ1) is 15.1. The lowest BCUT2D eigenvalue weighted by Gasteiger charge is -2.19. The van der Waals surface area contributed by atoms with Gasteiger partial charge in [-0.1, -0.05) is 67.0 Å². The predicted molar refractivity (Wildman–Crippen MR) is 134 cm³/mol. The number of rotatable bonds is 7. The molecule has 162 valence electrons. The molecule has 0 spiro atoms. The summed E-state index contributed by atoms with van der Waals surface area (Å²) in [5.74, 6) is 0.0664. The Hall–Kier alpha value is -1.89. The van der Waals surface area contributed by atoms with Gasteiger partial charge < -0.3 is 4.90 Å². The highest BCUT2D eigenvalue weighted by Gasteiger charge is 2.39. The van der Waals surface area contributed by atoms with Crippen molar-refractivity contribution in [3.8, 4) is 0 Å². The van der Waals surface area contributed by atoms with Crippen molar-refractivity contribution in [2.24, 2.45) is 4.99 Å². The molecule has 1 amide bonds. The number of amides is 1. The number of nitrogens with zero attached hydrogens (tertiary/aromatic N) is 3. The Morgan fingerprint density at radius 3 is 2.58 bits per heavy atom. The number of halogens is 1. The van der Waals surface area contributed by atoms with Crippen LogP contribution in [0, 0.1) is 0 Å². The maximum atomic E-state index is 13.4. The zero-order valence-corrected chi connectivity index (χ0v) is 20.2. The van der Waals surface area contributed by atoms with Gasteiger partial charge in [-0.25, -0.2) is 0 Å². The first-order valence-corrected chi connectivity index (χ1v) is 12.7. The summed E-state index contributed by atoms with van der Waals surface area (Å²) >= 11 is 9.41. The van der Waals surface area contributed by atoms with E-state index < -0.39 is 0 Å². The maximum absolute atomic E-state index is 13.4. The minimum Gasteiger partial charge on any atom is -0.334 e. The zero-order chi connectivity index (χ0) is 21.8. The molecule has 4 nitrogen and oxygen atoms in total. The summed E-state index contributed by atoms with van der Waals surface area (Å²) in [5, 5.41) is 2.52. The molecule has 0 saturated carbocycles. The van der Waals surface area contributed by atoms with Gasteiger partial charge in [0.05, 0.1) is 5.69 Å². The molecule has 0 aliphatic carbocycles. The fourth-order valence-corrected chi connectivity index (χ4v) is 6.20. The Labute approximate surface area is 197 Å². The van der Waals surface area contributed by atoms with E-state index in [2.05, 4.69) is 30.9 Å². The number of hydrogen-bond acceptors (Lipinski definition) is 5. The molecule has 1 saturated heterocycles. The fraction of sp³-hybridized carbons (Fsp3) is 0.333. The Balaban J connectivity index is 1.61. The smallest absolute Gasteiger partial charge is 0.269 e. The minimum atomic E-state index is 0.0664. The zero-order valence-electron chi connectivity index (χ0n) is 17.8. The molecule has 2 aromatic carbocycles. The first kappa shape index (κ1) is 22.3. The van der Waals surface area contributed by atoms with Crippen molar-refractivity contribution in [3.63, 3.8) is 0 Å². The van der Waals surface area contributed by atoms with Crippen LogP contribution >= 0.6 is 35.1 Å². The summed E-state index contributed by atoms with van der Waals surface area (Å²) in [7, 11) is 0. The van der Waals surface area contributed by atoms with Crippen molar-refractivity contribution < 1.29 is 4.79 Å². The van der Waals surface area contributed by atoms with Crippen LogP contribution in [0.1, 0.15) is 32.3 Å². The lowest BCUT2D eigenvalue weighted by atomic mass is 10.2. The SMILES string of the molecule is CCCCN1C(=O)C(=C2Sc3ccc(Cl)cc3N2CC)SC1=NCCc1ccccc1. The lowest BCUT2D eigenvalue weighted by Crippen LogP contribution is -2.31. The van der Waals surface area contributed by atoms with Gasteiger partial charge in [0.15, 0.2) is 5.17 Å². The predicted octanol–water partition coefficient (Wildman–Crippen LogP) is 6.42. The van der Waals surface area contributed by atoms with Gasteiger partial charge in [-0.2, -0.15) is 0 Å². The van der Waals surface area contributed by atoms with Crippen molar-refractivity contribution >= 4 is 51.9 Å². The number of anilines is 1. The van der Waals surface area contributed by atoms with E-state index in [1.807, 2.05) is 41.3 Å². The summed E-state index contributed by atoms with van der Waals surface area (Å²) < 4.78 is 0. The Morgan fingerprint density at radius 1 is 1.03 bits per heavy atom. The maximum Gasteiger partial charge on any atom is 0.269 e. The van der Waals surface area contributed by atoms with E-state index in [1.54, 1.807) is 11.8 Å². The van der Waals surface area contributed by atoms with Crippen molar-refractivity contribution in [1.29, 1.82) is 0 Å². The Kier molecular flexibility index (Phi) is 7.31. The van der Waals surface area contributed by atoms with Crippen LogP contribution < -0.4 is 4.90 Å². The number of amidine groups is 1. The molecule has 31 heavy (non-hydrogen) atoms. The molecule has 0 aromatic heterocycles. The van der Waals surface area contributed by atoms with E-state index in [4.69, 9.17) is 16.6 Å². The average Bonchev–Trinajstić information content (AvgIpc) is 3.29. The molecule has 2 aliphatic rings. The second-order valence-corrected chi connectivity index (χ2v) is 9.85. The van der Waals surface area contributed by atoms with Crippen LogP contribution in [-0.2, 0) is 11.2 Å². The van der Waals surface area contributed by atoms with Gasteiger partial charge in [0, 0.05) is 29.6 Å².